The zero-order chi connectivity index (χ0) is 16.4. The Morgan fingerprint density at radius 1 is 1.19 bits per heavy atom. The Balaban J connectivity index is 3.10. The van der Waals surface area contributed by atoms with Crippen molar-refractivity contribution >= 4 is 27.7 Å². The van der Waals surface area contributed by atoms with Gasteiger partial charge in [-0.05, 0) is 18.2 Å². The first-order valence-electron chi connectivity index (χ1n) is 5.86. The largest absolute Gasteiger partial charge is 0.417 e. The van der Waals surface area contributed by atoms with Gasteiger partial charge >= 0.3 is 6.18 Å². The lowest BCUT2D eigenvalue weighted by Gasteiger charge is -2.21. The summed E-state index contributed by atoms with van der Waals surface area (Å²) in [5, 5.41) is 0. The minimum absolute atomic E-state index is 0.221. The molecule has 0 fully saturated rings. The van der Waals surface area contributed by atoms with Crippen molar-refractivity contribution in [2.75, 3.05) is 27.7 Å². The van der Waals surface area contributed by atoms with Crippen LogP contribution in [0.3, 0.4) is 0 Å². The Morgan fingerprint density at radius 2 is 1.76 bits per heavy atom. The third-order valence-electron chi connectivity index (χ3n) is 2.74. The van der Waals surface area contributed by atoms with E-state index >= 15 is 0 Å². The first-order chi connectivity index (χ1) is 9.54. The van der Waals surface area contributed by atoms with Gasteiger partial charge in [0.25, 0.3) is 5.91 Å². The molecule has 0 N–H and O–H groups in total. The molecule has 0 aliphatic carbocycles. The predicted molar refractivity (Wildman–Crippen MR) is 74.8 cm³/mol. The van der Waals surface area contributed by atoms with E-state index in [-0.39, 0.29) is 16.9 Å². The normalized spacial score (nSPS) is 11.2. The molecule has 4 nitrogen and oxygen atoms in total. The molecule has 0 aliphatic rings. The molecule has 1 aromatic rings. The van der Waals surface area contributed by atoms with E-state index in [9.17, 15) is 22.8 Å². The molecule has 116 valence electrons. The number of nitrogens with zero attached hydrogens (tertiary/aromatic N) is 2. The van der Waals surface area contributed by atoms with E-state index in [2.05, 4.69) is 15.9 Å². The minimum Gasteiger partial charge on any atom is -0.347 e. The van der Waals surface area contributed by atoms with Crippen LogP contribution in [0.5, 0.6) is 0 Å². The van der Waals surface area contributed by atoms with Gasteiger partial charge < -0.3 is 9.80 Å². The summed E-state index contributed by atoms with van der Waals surface area (Å²) in [6, 6.07) is 3.28. The SMILES string of the molecule is CN(C)C(=O)CN(C)C(=O)c1ccc(Br)cc1C(F)(F)F. The molecule has 0 heterocycles. The fourth-order valence-electron chi connectivity index (χ4n) is 1.56. The summed E-state index contributed by atoms with van der Waals surface area (Å²) in [6.45, 7) is -0.292. The second kappa shape index (κ2) is 6.46. The molecule has 0 saturated carbocycles. The number of benzene rings is 1. The Hall–Kier alpha value is -1.57. The van der Waals surface area contributed by atoms with Crippen molar-refractivity contribution in [1.82, 2.24) is 9.80 Å². The molecule has 1 rings (SSSR count). The highest BCUT2D eigenvalue weighted by Crippen LogP contribution is 2.34. The Labute approximate surface area is 128 Å². The quantitative estimate of drug-likeness (QED) is 0.824. The molecule has 0 unspecified atom stereocenters. The number of halogens is 4. The van der Waals surface area contributed by atoms with Crippen LogP contribution in [-0.4, -0.2) is 49.3 Å². The Kier molecular flexibility index (Phi) is 5.38. The van der Waals surface area contributed by atoms with Gasteiger partial charge in [0.15, 0.2) is 0 Å². The lowest BCUT2D eigenvalue weighted by atomic mass is 10.1. The van der Waals surface area contributed by atoms with Crippen LogP contribution in [0, 0.1) is 0 Å². The molecular formula is C13H14BrF3N2O2. The average Bonchev–Trinajstić information content (AvgIpc) is 2.36. The second-order valence-corrected chi connectivity index (χ2v) is 5.55. The molecule has 0 radical (unpaired) electrons. The summed E-state index contributed by atoms with van der Waals surface area (Å²) in [5.74, 6) is -1.23. The fourth-order valence-corrected chi connectivity index (χ4v) is 1.92. The molecule has 2 amide bonds. The summed E-state index contributed by atoms with van der Waals surface area (Å²) >= 11 is 2.95. The highest BCUT2D eigenvalue weighted by Gasteiger charge is 2.36. The lowest BCUT2D eigenvalue weighted by molar-refractivity contribution is -0.138. The first kappa shape index (κ1) is 17.5. The summed E-state index contributed by atoms with van der Waals surface area (Å²) < 4.78 is 39.1. The molecule has 0 bridgehead atoms. The van der Waals surface area contributed by atoms with Crippen LogP contribution < -0.4 is 0 Å². The van der Waals surface area contributed by atoms with Gasteiger partial charge in [-0.1, -0.05) is 15.9 Å². The van der Waals surface area contributed by atoms with Crippen LogP contribution in [0.4, 0.5) is 13.2 Å². The lowest BCUT2D eigenvalue weighted by Crippen LogP contribution is -2.38. The molecule has 0 spiro atoms. The van der Waals surface area contributed by atoms with Gasteiger partial charge in [-0.3, -0.25) is 9.59 Å². The number of carbonyl (C=O) groups is 2. The van der Waals surface area contributed by atoms with Crippen LogP contribution in [0.1, 0.15) is 15.9 Å². The number of alkyl halides is 3. The van der Waals surface area contributed by atoms with E-state index in [1.165, 1.54) is 32.1 Å². The van der Waals surface area contributed by atoms with Gasteiger partial charge in [0.2, 0.25) is 5.91 Å². The maximum atomic E-state index is 13.0. The van der Waals surface area contributed by atoms with Gasteiger partial charge in [0.05, 0.1) is 17.7 Å². The summed E-state index contributed by atoms with van der Waals surface area (Å²) in [4.78, 5) is 25.9. The third kappa shape index (κ3) is 4.45. The van der Waals surface area contributed by atoms with Crippen LogP contribution in [0.15, 0.2) is 22.7 Å². The van der Waals surface area contributed by atoms with Gasteiger partial charge in [-0.15, -0.1) is 0 Å². The van der Waals surface area contributed by atoms with Crippen LogP contribution in [0.2, 0.25) is 0 Å². The average molecular weight is 367 g/mol. The van der Waals surface area contributed by atoms with Gasteiger partial charge in [-0.25, -0.2) is 0 Å². The van der Waals surface area contributed by atoms with E-state index in [1.807, 2.05) is 0 Å². The summed E-state index contributed by atoms with van der Waals surface area (Å²) in [5.41, 5.74) is -1.52. The fraction of sp³-hybridized carbons (Fsp3) is 0.385. The van der Waals surface area contributed by atoms with Crippen LogP contribution in [-0.2, 0) is 11.0 Å². The Morgan fingerprint density at radius 3 is 2.24 bits per heavy atom. The van der Waals surface area contributed by atoms with Crippen molar-refractivity contribution < 1.29 is 22.8 Å². The van der Waals surface area contributed by atoms with E-state index in [0.717, 1.165) is 17.0 Å². The number of rotatable bonds is 3. The van der Waals surface area contributed by atoms with Crippen molar-refractivity contribution in [2.24, 2.45) is 0 Å². The van der Waals surface area contributed by atoms with Crippen molar-refractivity contribution in [2.45, 2.75) is 6.18 Å². The highest BCUT2D eigenvalue weighted by molar-refractivity contribution is 9.10. The number of hydrogen-bond acceptors (Lipinski definition) is 2. The molecule has 0 aromatic heterocycles. The summed E-state index contributed by atoms with van der Waals surface area (Å²) in [6.07, 6.45) is -4.65. The smallest absolute Gasteiger partial charge is 0.347 e. The van der Waals surface area contributed by atoms with E-state index in [1.54, 1.807) is 0 Å². The minimum atomic E-state index is -4.65. The predicted octanol–water partition coefficient (Wildman–Crippen LogP) is 2.63. The standard InChI is InChI=1S/C13H14BrF3N2O2/c1-18(2)11(20)7-19(3)12(21)9-5-4-8(14)6-10(9)13(15,16)17/h4-6H,7H2,1-3H3. The van der Waals surface area contributed by atoms with Crippen molar-refractivity contribution in [3.05, 3.63) is 33.8 Å². The highest BCUT2D eigenvalue weighted by atomic mass is 79.9. The topological polar surface area (TPSA) is 40.6 Å². The maximum Gasteiger partial charge on any atom is 0.417 e. The number of amides is 2. The van der Waals surface area contributed by atoms with E-state index in [4.69, 9.17) is 0 Å². The molecule has 0 aliphatic heterocycles. The van der Waals surface area contributed by atoms with Crippen molar-refractivity contribution in [1.29, 1.82) is 0 Å². The number of carbonyl (C=O) groups excluding carboxylic acids is 2. The Bertz CT molecular complexity index is 559. The molecule has 8 heteroatoms. The zero-order valence-electron chi connectivity index (χ0n) is 11.7. The number of likely N-dealkylation sites (N-methyl/N-ethyl adjacent to an activating group) is 2. The molecular weight excluding hydrogens is 353 g/mol. The van der Waals surface area contributed by atoms with E-state index in [0.29, 0.717) is 0 Å². The molecule has 1 aromatic carbocycles. The van der Waals surface area contributed by atoms with Crippen LogP contribution >= 0.6 is 15.9 Å². The maximum absolute atomic E-state index is 13.0. The molecule has 0 atom stereocenters. The monoisotopic (exact) mass is 366 g/mol. The van der Waals surface area contributed by atoms with Gasteiger partial charge in [-0.2, -0.15) is 13.2 Å². The third-order valence-corrected chi connectivity index (χ3v) is 3.23. The van der Waals surface area contributed by atoms with Crippen molar-refractivity contribution in [3.8, 4) is 0 Å². The molecule has 0 saturated heterocycles. The first-order valence-corrected chi connectivity index (χ1v) is 6.65. The van der Waals surface area contributed by atoms with Crippen molar-refractivity contribution in [3.63, 3.8) is 0 Å². The zero-order valence-corrected chi connectivity index (χ0v) is 13.2. The number of hydrogen-bond donors (Lipinski definition) is 0. The summed E-state index contributed by atoms with van der Waals surface area (Å²) in [7, 11) is 4.29. The van der Waals surface area contributed by atoms with E-state index < -0.39 is 23.2 Å². The van der Waals surface area contributed by atoms with Gasteiger partial charge in [0, 0.05) is 25.6 Å². The van der Waals surface area contributed by atoms with Gasteiger partial charge in [0.1, 0.15) is 0 Å². The molecule has 21 heavy (non-hydrogen) atoms. The second-order valence-electron chi connectivity index (χ2n) is 4.64. The van der Waals surface area contributed by atoms with Crippen LogP contribution in [0.25, 0.3) is 0 Å².